The van der Waals surface area contributed by atoms with Gasteiger partial charge in [0.1, 0.15) is 0 Å². The van der Waals surface area contributed by atoms with E-state index in [4.69, 9.17) is 3.76 Å². The third-order valence-corrected chi connectivity index (χ3v) is 12.4. The fraction of sp³-hybridized carbons (Fsp3) is 0.727. The minimum absolute atomic E-state index is 0.0714. The molecule has 0 aromatic heterocycles. The molecule has 14 heavy (non-hydrogen) atoms. The van der Waals surface area contributed by atoms with E-state index in [1.165, 1.54) is 0 Å². The summed E-state index contributed by atoms with van der Waals surface area (Å²) in [7, 11) is 0. The normalized spacial score (nSPS) is 12.8. The van der Waals surface area contributed by atoms with E-state index < -0.39 is 13.6 Å². The van der Waals surface area contributed by atoms with Gasteiger partial charge in [0.2, 0.25) is 0 Å². The zero-order chi connectivity index (χ0) is 11.2. The summed E-state index contributed by atoms with van der Waals surface area (Å²) in [6, 6.07) is 0. The summed E-state index contributed by atoms with van der Waals surface area (Å²) < 4.78 is 6.02. The Hall–Kier alpha value is -0.247. The van der Waals surface area contributed by atoms with E-state index in [1.807, 2.05) is 6.92 Å². The van der Waals surface area contributed by atoms with Gasteiger partial charge in [-0.1, -0.05) is 0 Å². The number of rotatable bonds is 6. The van der Waals surface area contributed by atoms with Crippen molar-refractivity contribution in [1.82, 2.24) is 0 Å². The molecule has 0 amide bonds. The zero-order valence-electron chi connectivity index (χ0n) is 10.0. The zero-order valence-corrected chi connectivity index (χ0v) is 12.1. The Morgan fingerprint density at radius 1 is 1.14 bits per heavy atom. The number of carbonyl (C=O) groups excluding carboxylic acids is 1. The Morgan fingerprint density at radius 3 is 1.86 bits per heavy atom. The van der Waals surface area contributed by atoms with Gasteiger partial charge in [-0.2, -0.15) is 0 Å². The van der Waals surface area contributed by atoms with Crippen molar-refractivity contribution < 1.29 is 8.56 Å². The monoisotopic (exact) mass is 260 g/mol. The van der Waals surface area contributed by atoms with Crippen LogP contribution in [0.3, 0.4) is 0 Å². The van der Waals surface area contributed by atoms with Gasteiger partial charge in [-0.15, -0.1) is 0 Å². The summed E-state index contributed by atoms with van der Waals surface area (Å²) in [5.74, 6) is 0.880. The van der Waals surface area contributed by atoms with Crippen molar-refractivity contribution in [2.45, 2.75) is 50.4 Å². The Bertz CT molecular complexity index is 209. The summed E-state index contributed by atoms with van der Waals surface area (Å²) in [5.41, 5.74) is 0. The van der Waals surface area contributed by atoms with Gasteiger partial charge in [-0.25, -0.2) is 0 Å². The Balaban J connectivity index is 4.52. The van der Waals surface area contributed by atoms with Crippen molar-refractivity contribution in [2.75, 3.05) is 0 Å². The van der Waals surface area contributed by atoms with E-state index in [-0.39, 0.29) is 5.78 Å². The van der Waals surface area contributed by atoms with Crippen molar-refractivity contribution >= 4 is 19.4 Å². The molecule has 0 aliphatic heterocycles. The van der Waals surface area contributed by atoms with Crippen LogP contribution >= 0.6 is 0 Å². The van der Waals surface area contributed by atoms with Gasteiger partial charge in [0.05, 0.1) is 0 Å². The molecule has 3 heteroatoms. The molecule has 0 fully saturated rings. The predicted molar refractivity (Wildman–Crippen MR) is 62.7 cm³/mol. The third kappa shape index (κ3) is 4.31. The molecule has 0 rings (SSSR count). The maximum absolute atomic E-state index is 10.9. The molecule has 0 aromatic rings. The molecular weight excluding hydrogens is 237 g/mol. The fourth-order valence-electron chi connectivity index (χ4n) is 1.62. The number of allylic oxidation sites excluding steroid dienone is 2. The summed E-state index contributed by atoms with van der Waals surface area (Å²) in [6.45, 7) is 10.1. The van der Waals surface area contributed by atoms with Gasteiger partial charge in [-0.3, -0.25) is 0 Å². The van der Waals surface area contributed by atoms with Gasteiger partial charge >= 0.3 is 90.2 Å². The van der Waals surface area contributed by atoms with Crippen LogP contribution in [0.25, 0.3) is 0 Å². The summed E-state index contributed by atoms with van der Waals surface area (Å²) >= 11 is -2.09. The molecule has 0 N–H and O–H groups in total. The van der Waals surface area contributed by atoms with Crippen molar-refractivity contribution in [2.24, 2.45) is 0 Å². The fourth-order valence-corrected chi connectivity index (χ4v) is 7.24. The van der Waals surface area contributed by atoms with Crippen LogP contribution < -0.4 is 0 Å². The molecule has 0 aliphatic rings. The molecule has 0 saturated heterocycles. The number of hydrogen-bond acceptors (Lipinski definition) is 2. The van der Waals surface area contributed by atoms with E-state index in [0.717, 1.165) is 21.5 Å². The van der Waals surface area contributed by atoms with Crippen molar-refractivity contribution in [3.8, 4) is 0 Å². The van der Waals surface area contributed by atoms with Gasteiger partial charge in [0, 0.05) is 0 Å². The molecule has 0 aromatic carbocycles. The molecule has 0 bridgehead atoms. The SMILES string of the molecule is C[CH2][Ge]([CH2]C)([CH2]C)[O]/C(C)=C/C(C)=O. The summed E-state index contributed by atoms with van der Waals surface area (Å²) in [6.07, 6.45) is 1.60. The molecule has 82 valence electrons. The quantitative estimate of drug-likeness (QED) is 0.414. The summed E-state index contributed by atoms with van der Waals surface area (Å²) in [4.78, 5) is 10.9. The second-order valence-electron chi connectivity index (χ2n) is 3.71. The van der Waals surface area contributed by atoms with Crippen LogP contribution in [0.4, 0.5) is 0 Å². The molecule has 0 unspecified atom stereocenters. The molecule has 0 saturated carbocycles. The van der Waals surface area contributed by atoms with Gasteiger partial charge in [0.25, 0.3) is 0 Å². The van der Waals surface area contributed by atoms with Crippen LogP contribution in [0.5, 0.6) is 0 Å². The van der Waals surface area contributed by atoms with E-state index in [9.17, 15) is 4.79 Å². The topological polar surface area (TPSA) is 26.3 Å². The van der Waals surface area contributed by atoms with Crippen LogP contribution in [0.1, 0.15) is 34.6 Å². The van der Waals surface area contributed by atoms with Gasteiger partial charge < -0.3 is 0 Å². The standard InChI is InChI=1S/C11H22GeO2/c1-6-12(7-2,8-3)14-11(5)9-10(4)13/h9H,6-8H2,1-5H3/b11-9+. The van der Waals surface area contributed by atoms with Crippen LogP contribution in [-0.2, 0) is 8.56 Å². The molecular formula is C11H22GeO2. The van der Waals surface area contributed by atoms with Crippen molar-refractivity contribution in [3.63, 3.8) is 0 Å². The van der Waals surface area contributed by atoms with E-state index in [0.29, 0.717) is 0 Å². The maximum atomic E-state index is 10.9. The van der Waals surface area contributed by atoms with Crippen LogP contribution in [-0.4, -0.2) is 19.4 Å². The Labute approximate surface area is 90.4 Å². The van der Waals surface area contributed by atoms with Gasteiger partial charge in [0.15, 0.2) is 0 Å². The Kier molecular flexibility index (Phi) is 6.17. The molecule has 0 aliphatic carbocycles. The first kappa shape index (κ1) is 13.8. The average molecular weight is 259 g/mol. The molecule has 0 spiro atoms. The third-order valence-electron chi connectivity index (χ3n) is 2.72. The van der Waals surface area contributed by atoms with Crippen molar-refractivity contribution in [1.29, 1.82) is 0 Å². The number of hydrogen-bond donors (Lipinski definition) is 0. The summed E-state index contributed by atoms with van der Waals surface area (Å²) in [5, 5.41) is 3.49. The molecule has 0 heterocycles. The minimum atomic E-state index is -2.09. The van der Waals surface area contributed by atoms with E-state index >= 15 is 0 Å². The molecule has 2 nitrogen and oxygen atoms in total. The van der Waals surface area contributed by atoms with Crippen LogP contribution in [0.2, 0.25) is 15.8 Å². The second kappa shape index (κ2) is 6.28. The molecule has 0 atom stereocenters. The second-order valence-corrected chi connectivity index (χ2v) is 13.6. The number of carbonyl (C=O) groups is 1. The first-order valence-corrected chi connectivity index (χ1v) is 10.7. The first-order valence-electron chi connectivity index (χ1n) is 5.37. The Morgan fingerprint density at radius 2 is 1.57 bits per heavy atom. The number of ketones is 1. The van der Waals surface area contributed by atoms with Crippen LogP contribution in [0.15, 0.2) is 11.8 Å². The molecule has 0 radical (unpaired) electrons. The average Bonchev–Trinajstić information content (AvgIpc) is 2.13. The van der Waals surface area contributed by atoms with E-state index in [2.05, 4.69) is 20.8 Å². The first-order chi connectivity index (χ1) is 6.49. The van der Waals surface area contributed by atoms with E-state index in [1.54, 1.807) is 13.0 Å². The predicted octanol–water partition coefficient (Wildman–Crippen LogP) is 3.50. The van der Waals surface area contributed by atoms with Gasteiger partial charge in [-0.05, 0) is 0 Å². The van der Waals surface area contributed by atoms with Crippen LogP contribution in [0, 0.1) is 0 Å². The van der Waals surface area contributed by atoms with Crippen molar-refractivity contribution in [3.05, 3.63) is 11.8 Å².